The molecule has 0 heterocycles. The molecule has 0 aromatic heterocycles. The van der Waals surface area contributed by atoms with Gasteiger partial charge in [0.1, 0.15) is 0 Å². The molecule has 2 atom stereocenters. The summed E-state index contributed by atoms with van der Waals surface area (Å²) in [4.78, 5) is 15.6. The van der Waals surface area contributed by atoms with Crippen molar-refractivity contribution in [3.8, 4) is 0 Å². The van der Waals surface area contributed by atoms with E-state index in [1.807, 2.05) is 5.48 Å². The normalized spacial score (nSPS) is 33.1. The molecule has 0 aromatic rings. The Morgan fingerprint density at radius 1 is 1.25 bits per heavy atom. The van der Waals surface area contributed by atoms with Crippen LogP contribution in [0.2, 0.25) is 0 Å². The number of halogens is 3. The topological polar surface area (TPSA) is 38.3 Å². The number of hydrogen-bond donors (Lipinski definition) is 1. The molecular formula is C10H14F3NO2. The van der Waals surface area contributed by atoms with Crippen molar-refractivity contribution in [2.24, 2.45) is 17.8 Å². The molecule has 2 rings (SSSR count). The van der Waals surface area contributed by atoms with E-state index < -0.39 is 12.8 Å². The van der Waals surface area contributed by atoms with Gasteiger partial charge in [0.15, 0.2) is 6.61 Å². The fourth-order valence-corrected chi connectivity index (χ4v) is 2.64. The molecule has 1 N–H and O–H groups in total. The minimum atomic E-state index is -4.40. The van der Waals surface area contributed by atoms with Crippen molar-refractivity contribution in [1.82, 2.24) is 5.48 Å². The van der Waals surface area contributed by atoms with Crippen molar-refractivity contribution in [2.75, 3.05) is 6.61 Å². The van der Waals surface area contributed by atoms with Crippen LogP contribution in [-0.2, 0) is 9.63 Å². The molecule has 0 radical (unpaired) electrons. The number of hydroxylamine groups is 1. The third kappa shape index (κ3) is 2.66. The fourth-order valence-electron chi connectivity index (χ4n) is 2.64. The molecule has 16 heavy (non-hydrogen) atoms. The summed E-state index contributed by atoms with van der Waals surface area (Å²) in [5, 5.41) is 0. The van der Waals surface area contributed by atoms with Crippen molar-refractivity contribution in [3.63, 3.8) is 0 Å². The Hall–Kier alpha value is -0.780. The van der Waals surface area contributed by atoms with E-state index in [1.54, 1.807) is 0 Å². The Morgan fingerprint density at radius 3 is 2.31 bits per heavy atom. The molecule has 1 amide bonds. The Kier molecular flexibility index (Phi) is 3.10. The molecule has 3 nitrogen and oxygen atoms in total. The summed E-state index contributed by atoms with van der Waals surface area (Å²) in [6, 6.07) is 0. The minimum absolute atomic E-state index is 0.115. The van der Waals surface area contributed by atoms with Gasteiger partial charge in [-0.3, -0.25) is 9.63 Å². The number of rotatable bonds is 3. The van der Waals surface area contributed by atoms with Crippen molar-refractivity contribution < 1.29 is 22.8 Å². The second-order valence-corrected chi connectivity index (χ2v) is 4.51. The van der Waals surface area contributed by atoms with Crippen LogP contribution in [0.3, 0.4) is 0 Å². The van der Waals surface area contributed by atoms with Crippen molar-refractivity contribution in [2.45, 2.75) is 31.9 Å². The summed E-state index contributed by atoms with van der Waals surface area (Å²) in [5.74, 6) is 0.253. The van der Waals surface area contributed by atoms with Gasteiger partial charge >= 0.3 is 6.18 Å². The first-order valence-corrected chi connectivity index (χ1v) is 5.47. The van der Waals surface area contributed by atoms with Gasteiger partial charge in [-0.15, -0.1) is 0 Å². The largest absolute Gasteiger partial charge is 0.414 e. The zero-order chi connectivity index (χ0) is 11.8. The van der Waals surface area contributed by atoms with E-state index in [0.717, 1.165) is 25.7 Å². The fraction of sp³-hybridized carbons (Fsp3) is 0.900. The number of carbonyl (C=O) groups is 1. The van der Waals surface area contributed by atoms with E-state index in [2.05, 4.69) is 4.84 Å². The minimum Gasteiger partial charge on any atom is -0.272 e. The van der Waals surface area contributed by atoms with Crippen LogP contribution in [0.5, 0.6) is 0 Å². The van der Waals surface area contributed by atoms with Crippen LogP contribution >= 0.6 is 0 Å². The van der Waals surface area contributed by atoms with Crippen LogP contribution in [0.15, 0.2) is 0 Å². The molecule has 92 valence electrons. The third-order valence-corrected chi connectivity index (χ3v) is 3.37. The van der Waals surface area contributed by atoms with Crippen LogP contribution in [0.1, 0.15) is 25.7 Å². The maximum atomic E-state index is 11.7. The Bertz CT molecular complexity index is 268. The highest BCUT2D eigenvalue weighted by atomic mass is 19.4. The van der Waals surface area contributed by atoms with Gasteiger partial charge in [0.25, 0.3) is 0 Å². The standard InChI is InChI=1S/C10H14F3NO2/c11-10(12,13)5-16-14-9(15)8-6-3-1-2-4-7(6)8/h6-8H,1-5H2,(H,14,15). The Balaban J connectivity index is 1.69. The molecule has 6 heteroatoms. The van der Waals surface area contributed by atoms with Crippen molar-refractivity contribution in [1.29, 1.82) is 0 Å². The number of hydrogen-bond acceptors (Lipinski definition) is 2. The van der Waals surface area contributed by atoms with Crippen molar-refractivity contribution in [3.05, 3.63) is 0 Å². The summed E-state index contributed by atoms with van der Waals surface area (Å²) < 4.78 is 35.2. The third-order valence-electron chi connectivity index (χ3n) is 3.37. The Morgan fingerprint density at radius 2 is 1.81 bits per heavy atom. The van der Waals surface area contributed by atoms with Gasteiger partial charge in [0, 0.05) is 5.92 Å². The first-order valence-electron chi connectivity index (χ1n) is 5.47. The highest BCUT2D eigenvalue weighted by Gasteiger charge is 2.54. The predicted octanol–water partition coefficient (Wildman–Crippen LogP) is 2.03. The van der Waals surface area contributed by atoms with Crippen molar-refractivity contribution >= 4 is 5.91 Å². The SMILES string of the molecule is O=C(NOCC(F)(F)F)C1C2CCCCC21. The molecule has 2 saturated carbocycles. The second-order valence-electron chi connectivity index (χ2n) is 4.51. The number of fused-ring (bicyclic) bond motifs is 1. The highest BCUT2D eigenvalue weighted by Crippen LogP contribution is 2.55. The smallest absolute Gasteiger partial charge is 0.272 e. The van der Waals surface area contributed by atoms with E-state index in [-0.39, 0.29) is 11.8 Å². The van der Waals surface area contributed by atoms with E-state index in [0.29, 0.717) is 11.8 Å². The molecule has 2 fully saturated rings. The molecule has 2 aliphatic rings. The van der Waals surface area contributed by atoms with Crippen LogP contribution in [-0.4, -0.2) is 18.7 Å². The van der Waals surface area contributed by atoms with Gasteiger partial charge in [-0.05, 0) is 24.7 Å². The summed E-state index contributed by atoms with van der Waals surface area (Å²) in [5.41, 5.74) is 1.90. The van der Waals surface area contributed by atoms with Gasteiger partial charge in [-0.2, -0.15) is 13.2 Å². The lowest BCUT2D eigenvalue weighted by Gasteiger charge is -2.07. The molecule has 2 aliphatic carbocycles. The maximum absolute atomic E-state index is 11.7. The summed E-state index contributed by atoms with van der Waals surface area (Å²) in [6.45, 7) is -1.43. The average Bonchev–Trinajstić information content (AvgIpc) is 2.89. The first kappa shape index (κ1) is 11.7. The summed E-state index contributed by atoms with van der Waals surface area (Å²) >= 11 is 0. The maximum Gasteiger partial charge on any atom is 0.414 e. The van der Waals surface area contributed by atoms with E-state index in [9.17, 15) is 18.0 Å². The number of nitrogens with one attached hydrogen (secondary N) is 1. The molecule has 2 unspecified atom stereocenters. The molecule has 0 aliphatic heterocycles. The lowest BCUT2D eigenvalue weighted by atomic mass is 10.0. The zero-order valence-corrected chi connectivity index (χ0v) is 8.72. The van der Waals surface area contributed by atoms with E-state index in [4.69, 9.17) is 0 Å². The second kappa shape index (κ2) is 4.24. The predicted molar refractivity (Wildman–Crippen MR) is 49.1 cm³/mol. The van der Waals surface area contributed by atoms with Crippen LogP contribution in [0.4, 0.5) is 13.2 Å². The molecule has 0 spiro atoms. The van der Waals surface area contributed by atoms with Gasteiger partial charge in [0.05, 0.1) is 0 Å². The quantitative estimate of drug-likeness (QED) is 0.763. The zero-order valence-electron chi connectivity index (χ0n) is 8.72. The molecule has 0 saturated heterocycles. The number of carbonyl (C=O) groups excluding carboxylic acids is 1. The lowest BCUT2D eigenvalue weighted by molar-refractivity contribution is -0.192. The highest BCUT2D eigenvalue weighted by molar-refractivity contribution is 5.81. The van der Waals surface area contributed by atoms with E-state index >= 15 is 0 Å². The monoisotopic (exact) mass is 237 g/mol. The van der Waals surface area contributed by atoms with Gasteiger partial charge in [-0.25, -0.2) is 5.48 Å². The summed E-state index contributed by atoms with van der Waals surface area (Å²) in [6.07, 6.45) is -0.129. The van der Waals surface area contributed by atoms with Gasteiger partial charge in [0.2, 0.25) is 5.91 Å². The number of alkyl halides is 3. The Labute approximate surface area is 91.3 Å². The van der Waals surface area contributed by atoms with Gasteiger partial charge < -0.3 is 0 Å². The first-order chi connectivity index (χ1) is 7.49. The van der Waals surface area contributed by atoms with Gasteiger partial charge in [-0.1, -0.05) is 12.8 Å². The van der Waals surface area contributed by atoms with Crippen LogP contribution in [0.25, 0.3) is 0 Å². The summed E-state index contributed by atoms with van der Waals surface area (Å²) in [7, 11) is 0. The lowest BCUT2D eigenvalue weighted by Crippen LogP contribution is -2.31. The molecule has 0 aromatic carbocycles. The van der Waals surface area contributed by atoms with Crippen LogP contribution in [0, 0.1) is 17.8 Å². The van der Waals surface area contributed by atoms with E-state index in [1.165, 1.54) is 0 Å². The van der Waals surface area contributed by atoms with Crippen LogP contribution < -0.4 is 5.48 Å². The number of amides is 1. The molecular weight excluding hydrogens is 223 g/mol. The molecule has 0 bridgehead atoms. The average molecular weight is 237 g/mol.